The monoisotopic (exact) mass is 541 g/mol. The van der Waals surface area contributed by atoms with Crippen LogP contribution in [-0.4, -0.2) is 34.9 Å². The molecular formula is C30H37FNO5P. The first-order valence-electron chi connectivity index (χ1n) is 12.9. The number of aromatic nitrogens is 1. The number of hydrogen-bond donors (Lipinski definition) is 2. The van der Waals surface area contributed by atoms with Gasteiger partial charge in [-0.25, -0.2) is 9.37 Å². The summed E-state index contributed by atoms with van der Waals surface area (Å²) in [6.45, 7) is 7.81. The summed E-state index contributed by atoms with van der Waals surface area (Å²) in [6, 6.07) is 13.4. The number of rotatable bonds is 10. The Hall–Kier alpha value is -2.73. The third kappa shape index (κ3) is 7.02. The quantitative estimate of drug-likeness (QED) is 0.262. The first-order chi connectivity index (χ1) is 17.9. The van der Waals surface area contributed by atoms with Crippen LogP contribution in [0.25, 0.3) is 11.1 Å². The van der Waals surface area contributed by atoms with Gasteiger partial charge in [-0.2, -0.15) is 0 Å². The van der Waals surface area contributed by atoms with Crippen LogP contribution in [0.3, 0.4) is 0 Å². The lowest BCUT2D eigenvalue weighted by Gasteiger charge is -2.32. The van der Waals surface area contributed by atoms with E-state index in [-0.39, 0.29) is 36.0 Å². The highest BCUT2D eigenvalue weighted by Crippen LogP contribution is 2.50. The third-order valence-corrected chi connectivity index (χ3v) is 8.03. The Morgan fingerprint density at radius 1 is 1.11 bits per heavy atom. The number of phenolic OH excluding ortho intramolecular Hbond substituents is 1. The first kappa shape index (κ1) is 28.3. The highest BCUT2D eigenvalue weighted by molar-refractivity contribution is 7.57. The molecule has 6 nitrogen and oxygen atoms in total. The molecule has 2 aromatic carbocycles. The van der Waals surface area contributed by atoms with Gasteiger partial charge in [-0.15, -0.1) is 0 Å². The molecule has 1 saturated carbocycles. The molecule has 1 aliphatic rings. The lowest BCUT2D eigenvalue weighted by atomic mass is 9.81. The molecule has 2 unspecified atom stereocenters. The number of halogens is 1. The second kappa shape index (κ2) is 11.2. The van der Waals surface area contributed by atoms with Crippen molar-refractivity contribution in [1.29, 1.82) is 0 Å². The van der Waals surface area contributed by atoms with Crippen LogP contribution in [0, 0.1) is 17.2 Å². The van der Waals surface area contributed by atoms with E-state index in [0.29, 0.717) is 22.9 Å². The minimum atomic E-state index is -3.16. The Morgan fingerprint density at radius 2 is 1.84 bits per heavy atom. The molecule has 204 valence electrons. The summed E-state index contributed by atoms with van der Waals surface area (Å²) in [5, 5.41) is 10.0. The van der Waals surface area contributed by atoms with Gasteiger partial charge in [-0.1, -0.05) is 32.9 Å². The molecule has 8 heteroatoms. The number of benzene rings is 2. The van der Waals surface area contributed by atoms with Crippen LogP contribution in [0.2, 0.25) is 0 Å². The van der Waals surface area contributed by atoms with Gasteiger partial charge in [-0.05, 0) is 82.7 Å². The SMILES string of the molecule is CO[C@H](c1cc(COc2cc(C(CP(C)(=O)O)C3CC3)ccn2)ccc1-c1cc(O)ccc1F)C(C)(C)C. The molecule has 1 aliphatic carbocycles. The molecule has 4 rings (SSSR count). The molecule has 0 radical (unpaired) electrons. The summed E-state index contributed by atoms with van der Waals surface area (Å²) in [6.07, 6.45) is 3.71. The highest BCUT2D eigenvalue weighted by atomic mass is 31.2. The largest absolute Gasteiger partial charge is 0.508 e. The predicted octanol–water partition coefficient (Wildman–Crippen LogP) is 7.30. The average molecular weight is 542 g/mol. The van der Waals surface area contributed by atoms with Gasteiger partial charge in [0.1, 0.15) is 18.2 Å². The van der Waals surface area contributed by atoms with Crippen molar-refractivity contribution in [3.8, 4) is 22.8 Å². The third-order valence-electron chi connectivity index (χ3n) is 6.96. The van der Waals surface area contributed by atoms with Gasteiger partial charge in [0, 0.05) is 37.8 Å². The van der Waals surface area contributed by atoms with Crippen LogP contribution in [0.1, 0.15) is 62.3 Å². The van der Waals surface area contributed by atoms with E-state index in [4.69, 9.17) is 9.47 Å². The average Bonchev–Trinajstić information content (AvgIpc) is 3.68. The van der Waals surface area contributed by atoms with Crippen molar-refractivity contribution < 1.29 is 28.4 Å². The number of phenols is 1. The first-order valence-corrected chi connectivity index (χ1v) is 15.2. The fourth-order valence-corrected chi connectivity index (χ4v) is 6.35. The summed E-state index contributed by atoms with van der Waals surface area (Å²) in [7, 11) is -1.53. The standard InChI is InChI=1S/C30H37FNO5P/c1-30(2,3)29(36-4)25-14-19(6-10-23(25)24-16-22(33)9-11-27(24)31)17-37-28-15-21(12-13-32-28)26(20-7-8-20)18-38(5,34)35/h6,9-16,20,26,29,33H,7-8,17-18H2,1-5H3,(H,34,35)/t26?,29-/m1/s1. The van der Waals surface area contributed by atoms with Crippen molar-refractivity contribution >= 4 is 7.37 Å². The Bertz CT molecular complexity index is 1330. The number of aromatic hydroxyl groups is 1. The maximum atomic E-state index is 14.8. The maximum absolute atomic E-state index is 14.8. The van der Waals surface area contributed by atoms with Crippen molar-refractivity contribution in [3.05, 3.63) is 77.2 Å². The summed E-state index contributed by atoms with van der Waals surface area (Å²) >= 11 is 0. The minimum absolute atomic E-state index is 0.0125. The van der Waals surface area contributed by atoms with Crippen molar-refractivity contribution in [2.24, 2.45) is 11.3 Å². The van der Waals surface area contributed by atoms with Crippen LogP contribution in [0.4, 0.5) is 4.39 Å². The van der Waals surface area contributed by atoms with E-state index in [9.17, 15) is 19.0 Å². The van der Waals surface area contributed by atoms with Crippen molar-refractivity contribution in [3.63, 3.8) is 0 Å². The number of methoxy groups -OCH3 is 1. The summed E-state index contributed by atoms with van der Waals surface area (Å²) < 4.78 is 38.9. The van der Waals surface area contributed by atoms with Crippen molar-refractivity contribution in [1.82, 2.24) is 4.98 Å². The zero-order chi connectivity index (χ0) is 27.7. The van der Waals surface area contributed by atoms with Crippen molar-refractivity contribution in [2.45, 2.75) is 52.2 Å². The van der Waals surface area contributed by atoms with Gasteiger partial charge < -0.3 is 19.5 Å². The van der Waals surface area contributed by atoms with Gasteiger partial charge >= 0.3 is 0 Å². The van der Waals surface area contributed by atoms with Gasteiger partial charge in [0.15, 0.2) is 7.37 Å². The van der Waals surface area contributed by atoms with E-state index < -0.39 is 13.2 Å². The van der Waals surface area contributed by atoms with Crippen molar-refractivity contribution in [2.75, 3.05) is 19.9 Å². The molecule has 3 aromatic rings. The van der Waals surface area contributed by atoms with Crippen LogP contribution >= 0.6 is 7.37 Å². The zero-order valence-corrected chi connectivity index (χ0v) is 23.5. The molecule has 1 heterocycles. The van der Waals surface area contributed by atoms with Gasteiger partial charge in [-0.3, -0.25) is 4.57 Å². The minimum Gasteiger partial charge on any atom is -0.508 e. The molecule has 2 N–H and O–H groups in total. The number of nitrogens with zero attached hydrogens (tertiary/aromatic N) is 1. The van der Waals surface area contributed by atoms with Gasteiger partial charge in [0.25, 0.3) is 0 Å². The zero-order valence-electron chi connectivity index (χ0n) is 22.6. The molecule has 0 saturated heterocycles. The van der Waals surface area contributed by atoms with Gasteiger partial charge in [0.05, 0.1) is 6.10 Å². The van der Waals surface area contributed by atoms with E-state index in [2.05, 4.69) is 25.8 Å². The summed E-state index contributed by atoms with van der Waals surface area (Å²) in [5.41, 5.74) is 3.28. The molecule has 38 heavy (non-hydrogen) atoms. The summed E-state index contributed by atoms with van der Waals surface area (Å²) in [4.78, 5) is 14.4. The molecule has 3 atom stereocenters. The predicted molar refractivity (Wildman–Crippen MR) is 147 cm³/mol. The van der Waals surface area contributed by atoms with Crippen LogP contribution < -0.4 is 4.74 Å². The van der Waals surface area contributed by atoms with Crippen LogP contribution in [0.15, 0.2) is 54.7 Å². The smallest absolute Gasteiger partial charge is 0.213 e. The second-order valence-electron chi connectivity index (χ2n) is 11.5. The normalized spacial score (nSPS) is 17.0. The number of ether oxygens (including phenoxy) is 2. The second-order valence-corrected chi connectivity index (χ2v) is 13.9. The Morgan fingerprint density at radius 3 is 2.47 bits per heavy atom. The number of pyridine rings is 1. The summed E-state index contributed by atoms with van der Waals surface area (Å²) in [5.74, 6) is 0.435. The van der Waals surface area contributed by atoms with Gasteiger partial charge in [0.2, 0.25) is 5.88 Å². The Balaban J connectivity index is 1.63. The highest BCUT2D eigenvalue weighted by Gasteiger charge is 2.35. The topological polar surface area (TPSA) is 88.9 Å². The van der Waals surface area contributed by atoms with E-state index in [1.54, 1.807) is 13.3 Å². The molecular weight excluding hydrogens is 504 g/mol. The van der Waals surface area contributed by atoms with E-state index in [1.165, 1.54) is 24.9 Å². The van der Waals surface area contributed by atoms with Crippen LogP contribution in [0.5, 0.6) is 11.6 Å². The molecule has 1 fully saturated rings. The molecule has 1 aromatic heterocycles. The lowest BCUT2D eigenvalue weighted by molar-refractivity contribution is 0.0155. The molecule has 0 spiro atoms. The van der Waals surface area contributed by atoms with Crippen LogP contribution in [-0.2, 0) is 15.9 Å². The number of hydrogen-bond acceptors (Lipinski definition) is 5. The molecule has 0 amide bonds. The van der Waals surface area contributed by atoms with E-state index in [0.717, 1.165) is 29.5 Å². The fourth-order valence-electron chi connectivity index (χ4n) is 5.11. The van der Waals surface area contributed by atoms with E-state index >= 15 is 0 Å². The Kier molecular flexibility index (Phi) is 8.32. The lowest BCUT2D eigenvalue weighted by Crippen LogP contribution is -2.21. The van der Waals surface area contributed by atoms with E-state index in [1.807, 2.05) is 30.3 Å². The molecule has 0 aliphatic heterocycles. The Labute approximate surface area is 224 Å². The molecule has 0 bridgehead atoms. The maximum Gasteiger partial charge on any atom is 0.213 e. The fraction of sp³-hybridized carbons (Fsp3) is 0.433.